The zero-order valence-electron chi connectivity index (χ0n) is 11.4. The molecule has 1 aromatic rings. The fourth-order valence-electron chi connectivity index (χ4n) is 2.27. The molecule has 2 amide bonds. The fraction of sp³-hybridized carbons (Fsp3) is 0.400. The van der Waals surface area contributed by atoms with E-state index in [1.165, 1.54) is 0 Å². The van der Waals surface area contributed by atoms with Crippen molar-refractivity contribution in [1.29, 1.82) is 0 Å². The molecule has 110 valence electrons. The van der Waals surface area contributed by atoms with Gasteiger partial charge in [-0.1, -0.05) is 23.6 Å². The number of hydrogen-bond acceptors (Lipinski definition) is 5. The lowest BCUT2D eigenvalue weighted by atomic mass is 10.1. The van der Waals surface area contributed by atoms with Crippen LogP contribution in [0.1, 0.15) is 46.4 Å². The molecule has 0 aromatic heterocycles. The molecule has 1 atom stereocenters. The summed E-state index contributed by atoms with van der Waals surface area (Å²) in [5, 5.41) is 0.553. The highest BCUT2D eigenvalue weighted by atomic mass is 16.7. The van der Waals surface area contributed by atoms with Gasteiger partial charge in [-0.2, -0.15) is 0 Å². The minimum absolute atomic E-state index is 0.181. The highest BCUT2D eigenvalue weighted by Crippen LogP contribution is 2.23. The van der Waals surface area contributed by atoms with Gasteiger partial charge >= 0.3 is 5.97 Å². The summed E-state index contributed by atoms with van der Waals surface area (Å²) in [6, 6.07) is 6.41. The minimum atomic E-state index is -0.588. The first kappa shape index (κ1) is 13.8. The maximum absolute atomic E-state index is 12.0. The second-order valence-corrected chi connectivity index (χ2v) is 5.11. The fourth-order valence-corrected chi connectivity index (χ4v) is 2.27. The van der Waals surface area contributed by atoms with E-state index in [1.807, 2.05) is 0 Å². The highest BCUT2D eigenvalue weighted by Gasteiger charge is 2.38. The molecule has 1 aromatic carbocycles. The normalized spacial score (nSPS) is 19.6. The van der Waals surface area contributed by atoms with E-state index in [1.54, 1.807) is 24.3 Å². The Morgan fingerprint density at radius 1 is 1.19 bits per heavy atom. The summed E-state index contributed by atoms with van der Waals surface area (Å²) in [5.74, 6) is -1.74. The lowest BCUT2D eigenvalue weighted by Gasteiger charge is -2.12. The Balaban J connectivity index is 1.52. The van der Waals surface area contributed by atoms with E-state index in [0.29, 0.717) is 17.6 Å². The van der Waals surface area contributed by atoms with Gasteiger partial charge in [-0.05, 0) is 25.0 Å². The molecule has 0 radical (unpaired) electrons. The number of hydroxylamine groups is 2. The van der Waals surface area contributed by atoms with Crippen molar-refractivity contribution < 1.29 is 24.0 Å². The van der Waals surface area contributed by atoms with Crippen LogP contribution in [0, 0.1) is 0 Å². The summed E-state index contributed by atoms with van der Waals surface area (Å²) in [6.45, 7) is 0.805. The molecule has 2 aliphatic rings. The summed E-state index contributed by atoms with van der Waals surface area (Å²) < 4.78 is 5.07. The molecule has 0 aliphatic carbocycles. The molecule has 0 bridgehead atoms. The number of unbranched alkanes of at least 4 members (excludes halogenated alkanes) is 1. The first-order chi connectivity index (χ1) is 10.2. The number of epoxide rings is 1. The lowest BCUT2D eigenvalue weighted by Crippen LogP contribution is -2.32. The number of fused-ring (bicyclic) bond motifs is 1. The first-order valence-corrected chi connectivity index (χ1v) is 6.97. The largest absolute Gasteiger partial charge is 0.373 e. The molecule has 0 saturated carbocycles. The first-order valence-electron chi connectivity index (χ1n) is 6.97. The Hall–Kier alpha value is -2.21. The third-order valence-electron chi connectivity index (χ3n) is 3.51. The molecular weight excluding hydrogens is 274 g/mol. The Kier molecular flexibility index (Phi) is 3.70. The van der Waals surface area contributed by atoms with E-state index in [9.17, 15) is 14.4 Å². The number of amides is 2. The average molecular weight is 289 g/mol. The Morgan fingerprint density at radius 2 is 1.81 bits per heavy atom. The molecule has 0 N–H and O–H groups in total. The number of carbonyl (C=O) groups is 3. The van der Waals surface area contributed by atoms with Crippen molar-refractivity contribution in [3.8, 4) is 0 Å². The molecule has 2 heterocycles. The van der Waals surface area contributed by atoms with E-state index in [0.717, 1.165) is 19.4 Å². The van der Waals surface area contributed by atoms with Crippen LogP contribution in [0.15, 0.2) is 24.3 Å². The Labute approximate surface area is 121 Å². The Bertz CT molecular complexity index is 558. The maximum atomic E-state index is 12.0. The molecule has 1 saturated heterocycles. The Morgan fingerprint density at radius 3 is 2.38 bits per heavy atom. The van der Waals surface area contributed by atoms with Crippen molar-refractivity contribution >= 4 is 17.8 Å². The molecule has 1 unspecified atom stereocenters. The number of rotatable bonds is 6. The van der Waals surface area contributed by atoms with Gasteiger partial charge in [0.1, 0.15) is 0 Å². The number of imide groups is 1. The molecule has 0 spiro atoms. The van der Waals surface area contributed by atoms with E-state index < -0.39 is 17.8 Å². The summed E-state index contributed by atoms with van der Waals surface area (Å²) in [6.07, 6.45) is 2.97. The van der Waals surface area contributed by atoms with Gasteiger partial charge < -0.3 is 9.57 Å². The molecule has 1 fully saturated rings. The van der Waals surface area contributed by atoms with Crippen molar-refractivity contribution in [2.45, 2.75) is 31.8 Å². The van der Waals surface area contributed by atoms with Crippen LogP contribution in [0.25, 0.3) is 0 Å². The second kappa shape index (κ2) is 5.65. The molecule has 6 heteroatoms. The molecule has 21 heavy (non-hydrogen) atoms. The number of ether oxygens (including phenoxy) is 1. The van der Waals surface area contributed by atoms with Crippen LogP contribution >= 0.6 is 0 Å². The lowest BCUT2D eigenvalue weighted by molar-refractivity contribution is -0.168. The summed E-state index contributed by atoms with van der Waals surface area (Å²) in [5.41, 5.74) is 0.530. The van der Waals surface area contributed by atoms with E-state index in [2.05, 4.69) is 0 Å². The SMILES string of the molecule is O=C(CCCCC1CO1)ON1C(=O)c2ccccc2C1=O. The third kappa shape index (κ3) is 2.95. The summed E-state index contributed by atoms with van der Waals surface area (Å²) in [4.78, 5) is 40.6. The van der Waals surface area contributed by atoms with Crippen molar-refractivity contribution in [2.24, 2.45) is 0 Å². The van der Waals surface area contributed by atoms with Gasteiger partial charge in [0.25, 0.3) is 11.8 Å². The number of carbonyl (C=O) groups excluding carboxylic acids is 3. The van der Waals surface area contributed by atoms with Crippen LogP contribution in [-0.2, 0) is 14.4 Å². The van der Waals surface area contributed by atoms with Crippen molar-refractivity contribution in [1.82, 2.24) is 5.06 Å². The van der Waals surface area contributed by atoms with Gasteiger partial charge in [0, 0.05) is 6.42 Å². The predicted molar refractivity (Wildman–Crippen MR) is 71.2 cm³/mol. The van der Waals surface area contributed by atoms with Crippen molar-refractivity contribution in [2.75, 3.05) is 6.61 Å². The maximum Gasteiger partial charge on any atom is 0.333 e. The van der Waals surface area contributed by atoms with E-state index >= 15 is 0 Å². The van der Waals surface area contributed by atoms with Gasteiger partial charge in [0.15, 0.2) is 0 Å². The van der Waals surface area contributed by atoms with Crippen LogP contribution in [0.4, 0.5) is 0 Å². The standard InChI is InChI=1S/C15H15NO5/c17-13(8-4-1-5-10-9-20-10)21-16-14(18)11-6-2-3-7-12(11)15(16)19/h2-3,6-7,10H,1,4-5,8-9H2. The number of nitrogens with zero attached hydrogens (tertiary/aromatic N) is 1. The molecule has 2 aliphatic heterocycles. The topological polar surface area (TPSA) is 76.2 Å². The molecule has 3 rings (SSSR count). The quantitative estimate of drug-likeness (QED) is 0.452. The van der Waals surface area contributed by atoms with Crippen LogP contribution < -0.4 is 0 Å². The highest BCUT2D eigenvalue weighted by molar-refractivity contribution is 6.20. The van der Waals surface area contributed by atoms with Gasteiger partial charge in [-0.3, -0.25) is 9.59 Å². The summed E-state index contributed by atoms with van der Waals surface area (Å²) >= 11 is 0. The van der Waals surface area contributed by atoms with Crippen molar-refractivity contribution in [3.63, 3.8) is 0 Å². The van der Waals surface area contributed by atoms with Gasteiger partial charge in [-0.15, -0.1) is 0 Å². The van der Waals surface area contributed by atoms with Crippen LogP contribution in [0.3, 0.4) is 0 Å². The van der Waals surface area contributed by atoms with Gasteiger partial charge in [0.05, 0.1) is 23.8 Å². The van der Waals surface area contributed by atoms with E-state index in [4.69, 9.17) is 9.57 Å². The van der Waals surface area contributed by atoms with E-state index in [-0.39, 0.29) is 17.5 Å². The minimum Gasteiger partial charge on any atom is -0.373 e. The zero-order valence-corrected chi connectivity index (χ0v) is 11.4. The number of hydrogen-bond donors (Lipinski definition) is 0. The third-order valence-corrected chi connectivity index (χ3v) is 3.51. The predicted octanol–water partition coefficient (Wildman–Crippen LogP) is 1.70. The van der Waals surface area contributed by atoms with Crippen LogP contribution in [0.5, 0.6) is 0 Å². The van der Waals surface area contributed by atoms with Gasteiger partial charge in [0.2, 0.25) is 0 Å². The van der Waals surface area contributed by atoms with Crippen LogP contribution in [-0.4, -0.2) is 35.6 Å². The van der Waals surface area contributed by atoms with Gasteiger partial charge in [-0.25, -0.2) is 4.79 Å². The van der Waals surface area contributed by atoms with Crippen molar-refractivity contribution in [3.05, 3.63) is 35.4 Å². The monoisotopic (exact) mass is 289 g/mol. The van der Waals surface area contributed by atoms with Crippen LogP contribution in [0.2, 0.25) is 0 Å². The molecular formula is C15H15NO5. The molecule has 6 nitrogen and oxygen atoms in total. The average Bonchev–Trinajstić information content (AvgIpc) is 3.28. The summed E-state index contributed by atoms with van der Waals surface area (Å²) in [7, 11) is 0. The number of benzene rings is 1. The zero-order chi connectivity index (χ0) is 14.8. The second-order valence-electron chi connectivity index (χ2n) is 5.11. The smallest absolute Gasteiger partial charge is 0.333 e.